The largest absolute Gasteiger partial charge is 0.337 e. The second-order valence-corrected chi connectivity index (χ2v) is 7.46. The summed E-state index contributed by atoms with van der Waals surface area (Å²) in [6.07, 6.45) is 6.99. The molecule has 6 nitrogen and oxygen atoms in total. The number of thiophene rings is 1. The highest BCUT2D eigenvalue weighted by atomic mass is 32.1. The number of aromatic amines is 2. The van der Waals surface area contributed by atoms with Crippen LogP contribution in [0.5, 0.6) is 0 Å². The smallest absolute Gasteiger partial charge is 0.159 e. The fraction of sp³-hybridized carbons (Fsp3) is 0.0435. The van der Waals surface area contributed by atoms with Gasteiger partial charge in [0, 0.05) is 28.9 Å². The molecule has 0 bridgehead atoms. The zero-order valence-corrected chi connectivity index (χ0v) is 17.1. The van der Waals surface area contributed by atoms with Crippen molar-refractivity contribution in [1.29, 1.82) is 0 Å². The van der Waals surface area contributed by atoms with Crippen LogP contribution in [0.15, 0.2) is 71.1 Å². The lowest BCUT2D eigenvalue weighted by Crippen LogP contribution is -1.87. The Morgan fingerprint density at radius 2 is 2.17 bits per heavy atom. The first-order valence-electron chi connectivity index (χ1n) is 9.45. The van der Waals surface area contributed by atoms with Crippen molar-refractivity contribution in [2.24, 2.45) is 4.99 Å². The van der Waals surface area contributed by atoms with Crippen LogP contribution in [0.4, 0.5) is 0 Å². The standard InChI is InChI=1S/C23H18N6S/c1-3-14(11-24-4-2)19-10-17-20(12-25-19)28-29-22(17)23-26-18-7-5-6-16(21(18)27-23)15-8-9-30-13-15/h3-13H,1H2,2H3,(H,26,27)(H,28,29)/b14-11+,24-4?. The molecule has 0 unspecified atom stereocenters. The van der Waals surface area contributed by atoms with Crippen LogP contribution in [-0.4, -0.2) is 31.4 Å². The van der Waals surface area contributed by atoms with Crippen LogP contribution in [0.2, 0.25) is 0 Å². The van der Waals surface area contributed by atoms with Crippen molar-refractivity contribution in [1.82, 2.24) is 25.1 Å². The number of rotatable bonds is 5. The first kappa shape index (κ1) is 18.2. The minimum atomic E-state index is 0.715. The molecule has 4 aromatic heterocycles. The van der Waals surface area contributed by atoms with Crippen molar-refractivity contribution in [3.05, 3.63) is 71.8 Å². The van der Waals surface area contributed by atoms with E-state index in [4.69, 9.17) is 4.98 Å². The number of aliphatic imine (C=N–C) groups is 1. The number of H-pyrrole nitrogens is 2. The number of para-hydroxylation sites is 1. The topological polar surface area (TPSA) is 82.6 Å². The van der Waals surface area contributed by atoms with E-state index in [0.717, 1.165) is 44.5 Å². The molecule has 0 aliphatic carbocycles. The summed E-state index contributed by atoms with van der Waals surface area (Å²) in [5.74, 6) is 0.715. The molecule has 0 spiro atoms. The monoisotopic (exact) mass is 410 g/mol. The number of imidazole rings is 1. The Morgan fingerprint density at radius 3 is 2.97 bits per heavy atom. The van der Waals surface area contributed by atoms with Crippen LogP contribution in [0.1, 0.15) is 12.6 Å². The molecular weight excluding hydrogens is 392 g/mol. The Hall–Kier alpha value is -3.84. The maximum absolute atomic E-state index is 4.89. The number of benzene rings is 1. The van der Waals surface area contributed by atoms with Gasteiger partial charge in [-0.15, -0.1) is 0 Å². The van der Waals surface area contributed by atoms with Gasteiger partial charge in [-0.3, -0.25) is 15.1 Å². The fourth-order valence-corrected chi connectivity index (χ4v) is 4.08. The Balaban J connectivity index is 1.66. The van der Waals surface area contributed by atoms with Gasteiger partial charge < -0.3 is 4.98 Å². The number of nitrogens with zero attached hydrogens (tertiary/aromatic N) is 4. The van der Waals surface area contributed by atoms with Gasteiger partial charge in [-0.2, -0.15) is 16.4 Å². The molecule has 0 aliphatic rings. The molecule has 0 saturated heterocycles. The quantitative estimate of drug-likeness (QED) is 0.282. The predicted molar refractivity (Wildman–Crippen MR) is 125 cm³/mol. The van der Waals surface area contributed by atoms with Gasteiger partial charge in [-0.05, 0) is 41.4 Å². The molecule has 5 aromatic rings. The predicted octanol–water partition coefficient (Wildman–Crippen LogP) is 5.85. The van der Waals surface area contributed by atoms with Crippen LogP contribution >= 0.6 is 11.3 Å². The van der Waals surface area contributed by atoms with Crippen LogP contribution in [0.3, 0.4) is 0 Å². The van der Waals surface area contributed by atoms with Crippen molar-refractivity contribution >= 4 is 45.1 Å². The van der Waals surface area contributed by atoms with Crippen LogP contribution in [0, 0.1) is 0 Å². The summed E-state index contributed by atoms with van der Waals surface area (Å²) in [6, 6.07) is 10.3. The van der Waals surface area contributed by atoms with E-state index >= 15 is 0 Å². The van der Waals surface area contributed by atoms with Gasteiger partial charge in [0.1, 0.15) is 5.69 Å². The van der Waals surface area contributed by atoms with Crippen molar-refractivity contribution < 1.29 is 0 Å². The van der Waals surface area contributed by atoms with E-state index < -0.39 is 0 Å². The Morgan fingerprint density at radius 1 is 1.23 bits per heavy atom. The third kappa shape index (κ3) is 3.05. The highest BCUT2D eigenvalue weighted by Crippen LogP contribution is 2.32. The number of allylic oxidation sites excluding steroid dienone is 2. The molecular formula is C23H18N6S. The van der Waals surface area contributed by atoms with Crippen molar-refractivity contribution in [2.45, 2.75) is 6.92 Å². The number of hydrogen-bond acceptors (Lipinski definition) is 5. The number of pyridine rings is 1. The molecule has 7 heteroatoms. The average Bonchev–Trinajstić information content (AvgIpc) is 3.52. The molecule has 0 atom stereocenters. The molecule has 0 saturated carbocycles. The molecule has 0 fully saturated rings. The molecule has 2 N–H and O–H groups in total. The van der Waals surface area contributed by atoms with Gasteiger partial charge in [0.05, 0.1) is 28.4 Å². The lowest BCUT2D eigenvalue weighted by atomic mass is 10.1. The van der Waals surface area contributed by atoms with E-state index in [1.54, 1.807) is 36.0 Å². The van der Waals surface area contributed by atoms with E-state index in [0.29, 0.717) is 5.82 Å². The highest BCUT2D eigenvalue weighted by Gasteiger charge is 2.16. The van der Waals surface area contributed by atoms with Crippen LogP contribution in [-0.2, 0) is 0 Å². The lowest BCUT2D eigenvalue weighted by Gasteiger charge is -2.01. The summed E-state index contributed by atoms with van der Waals surface area (Å²) in [7, 11) is 0. The van der Waals surface area contributed by atoms with E-state index in [2.05, 4.69) is 54.6 Å². The van der Waals surface area contributed by atoms with Gasteiger partial charge in [0.2, 0.25) is 0 Å². The zero-order valence-electron chi connectivity index (χ0n) is 16.3. The summed E-state index contributed by atoms with van der Waals surface area (Å²) in [6.45, 7) is 5.75. The number of hydrogen-bond donors (Lipinski definition) is 2. The highest BCUT2D eigenvalue weighted by molar-refractivity contribution is 7.08. The summed E-state index contributed by atoms with van der Waals surface area (Å²) < 4.78 is 0. The number of nitrogens with one attached hydrogen (secondary N) is 2. The third-order valence-corrected chi connectivity index (χ3v) is 5.58. The van der Waals surface area contributed by atoms with Crippen molar-refractivity contribution in [2.75, 3.05) is 0 Å². The molecule has 5 rings (SSSR count). The zero-order chi connectivity index (χ0) is 20.5. The SMILES string of the molecule is C=C/C(=C\N=CC)c1cc2c(-c3nc4c(-c5ccsc5)cccc4[nH]3)n[nH]c2cn1. The molecule has 1 aromatic carbocycles. The molecule has 0 amide bonds. The van der Waals surface area contributed by atoms with E-state index in [1.165, 1.54) is 5.56 Å². The van der Waals surface area contributed by atoms with Crippen LogP contribution < -0.4 is 0 Å². The first-order valence-corrected chi connectivity index (χ1v) is 10.4. The third-order valence-electron chi connectivity index (χ3n) is 4.89. The Labute approximate surface area is 176 Å². The average molecular weight is 411 g/mol. The van der Waals surface area contributed by atoms with Gasteiger partial charge in [-0.1, -0.05) is 24.8 Å². The fourth-order valence-electron chi connectivity index (χ4n) is 3.43. The van der Waals surface area contributed by atoms with Crippen molar-refractivity contribution in [3.8, 4) is 22.6 Å². The number of fused-ring (bicyclic) bond motifs is 2. The van der Waals surface area contributed by atoms with Gasteiger partial charge >= 0.3 is 0 Å². The normalized spacial score (nSPS) is 12.4. The molecule has 0 aliphatic heterocycles. The first-order chi connectivity index (χ1) is 14.8. The van der Waals surface area contributed by atoms with E-state index in [1.807, 2.05) is 25.1 Å². The summed E-state index contributed by atoms with van der Waals surface area (Å²) >= 11 is 1.68. The van der Waals surface area contributed by atoms with Gasteiger partial charge in [0.25, 0.3) is 0 Å². The Kier molecular flexibility index (Phi) is 4.57. The van der Waals surface area contributed by atoms with Crippen LogP contribution in [0.25, 0.3) is 50.2 Å². The maximum Gasteiger partial charge on any atom is 0.159 e. The molecule has 0 radical (unpaired) electrons. The minimum Gasteiger partial charge on any atom is -0.337 e. The van der Waals surface area contributed by atoms with E-state index in [9.17, 15) is 0 Å². The summed E-state index contributed by atoms with van der Waals surface area (Å²) in [5.41, 5.74) is 7.39. The number of aromatic nitrogens is 5. The Bertz CT molecular complexity index is 1420. The molecule has 30 heavy (non-hydrogen) atoms. The maximum atomic E-state index is 4.89. The second kappa shape index (κ2) is 7.53. The van der Waals surface area contributed by atoms with Gasteiger partial charge in [-0.25, -0.2) is 4.98 Å². The van der Waals surface area contributed by atoms with Gasteiger partial charge in [0.15, 0.2) is 5.82 Å². The van der Waals surface area contributed by atoms with Crippen molar-refractivity contribution in [3.63, 3.8) is 0 Å². The lowest BCUT2D eigenvalue weighted by molar-refractivity contribution is 1.10. The second-order valence-electron chi connectivity index (χ2n) is 6.68. The minimum absolute atomic E-state index is 0.715. The summed E-state index contributed by atoms with van der Waals surface area (Å²) in [4.78, 5) is 17.0. The summed E-state index contributed by atoms with van der Waals surface area (Å²) in [5, 5.41) is 12.7. The molecule has 4 heterocycles. The molecule has 146 valence electrons. The van der Waals surface area contributed by atoms with E-state index in [-0.39, 0.29) is 0 Å².